The summed E-state index contributed by atoms with van der Waals surface area (Å²) < 4.78 is 66.3. The Morgan fingerprint density at radius 3 is 2.23 bits per heavy atom. The van der Waals surface area contributed by atoms with Crippen molar-refractivity contribution in [3.05, 3.63) is 58.4 Å². The third-order valence-electron chi connectivity index (χ3n) is 6.50. The lowest BCUT2D eigenvalue weighted by molar-refractivity contribution is -0.162. The summed E-state index contributed by atoms with van der Waals surface area (Å²) in [7, 11) is -3.89. The van der Waals surface area contributed by atoms with Gasteiger partial charge in [-0.1, -0.05) is 11.6 Å². The molecule has 166 valence electrons. The standard InChI is InChI=1S/C21H19ClF3NO4S/c1-21(28)11-5-12(21)7-14(6-11)31(29,30)18-4-10(2-3-15(18)22)20(27)26-13-8-16(23)19(25)17(24)9-13/h2-4,8-9,11-12,14,28H,5-7H2,1H3,(H,26,27)/t11?,12?,14-,21+. The maximum absolute atomic E-state index is 13.4. The quantitative estimate of drug-likeness (QED) is 0.647. The molecule has 3 fully saturated rings. The van der Waals surface area contributed by atoms with Gasteiger partial charge in [0.1, 0.15) is 0 Å². The molecule has 2 unspecified atom stereocenters. The fourth-order valence-corrected chi connectivity index (χ4v) is 6.92. The Hall–Kier alpha value is -2.10. The minimum atomic E-state index is -3.89. The molecule has 5 nitrogen and oxygen atoms in total. The summed E-state index contributed by atoms with van der Waals surface area (Å²) in [5.74, 6) is -5.67. The molecule has 0 aliphatic heterocycles. The summed E-state index contributed by atoms with van der Waals surface area (Å²) >= 11 is 6.13. The summed E-state index contributed by atoms with van der Waals surface area (Å²) in [6.45, 7) is 1.72. The average Bonchev–Trinajstić information content (AvgIpc) is 2.72. The topological polar surface area (TPSA) is 83.5 Å². The van der Waals surface area contributed by atoms with Gasteiger partial charge in [-0.2, -0.15) is 0 Å². The van der Waals surface area contributed by atoms with Crippen LogP contribution in [0, 0.1) is 29.3 Å². The molecule has 2 aromatic rings. The van der Waals surface area contributed by atoms with E-state index in [1.54, 1.807) is 6.92 Å². The van der Waals surface area contributed by atoms with Gasteiger partial charge in [0.15, 0.2) is 27.3 Å². The lowest BCUT2D eigenvalue weighted by atomic mass is 9.54. The van der Waals surface area contributed by atoms with Gasteiger partial charge < -0.3 is 10.4 Å². The number of hydrogen-bond acceptors (Lipinski definition) is 4. The highest BCUT2D eigenvalue weighted by Gasteiger charge is 2.57. The van der Waals surface area contributed by atoms with Crippen molar-refractivity contribution in [1.82, 2.24) is 0 Å². The molecule has 0 spiro atoms. The van der Waals surface area contributed by atoms with Gasteiger partial charge in [-0.05, 0) is 56.2 Å². The van der Waals surface area contributed by atoms with E-state index in [2.05, 4.69) is 5.32 Å². The van der Waals surface area contributed by atoms with Crippen molar-refractivity contribution < 1.29 is 31.5 Å². The van der Waals surface area contributed by atoms with Gasteiger partial charge in [-0.3, -0.25) is 4.79 Å². The lowest BCUT2D eigenvalue weighted by Gasteiger charge is -2.56. The van der Waals surface area contributed by atoms with Crippen LogP contribution in [-0.4, -0.2) is 30.3 Å². The number of sulfone groups is 1. The highest BCUT2D eigenvalue weighted by Crippen LogP contribution is 2.55. The Morgan fingerprint density at radius 1 is 1.10 bits per heavy atom. The minimum absolute atomic E-state index is 0.0542. The number of amides is 1. The highest BCUT2D eigenvalue weighted by molar-refractivity contribution is 7.92. The zero-order valence-electron chi connectivity index (χ0n) is 16.3. The Morgan fingerprint density at radius 2 is 1.68 bits per heavy atom. The van der Waals surface area contributed by atoms with E-state index in [0.29, 0.717) is 25.0 Å². The van der Waals surface area contributed by atoms with E-state index in [9.17, 15) is 31.5 Å². The second-order valence-electron chi connectivity index (χ2n) is 8.35. The van der Waals surface area contributed by atoms with E-state index in [0.717, 1.165) is 12.5 Å². The van der Waals surface area contributed by atoms with Crippen LogP contribution in [0.1, 0.15) is 36.5 Å². The summed E-state index contributed by atoms with van der Waals surface area (Å²) in [4.78, 5) is 12.3. The van der Waals surface area contributed by atoms with Crippen molar-refractivity contribution in [2.45, 2.75) is 41.9 Å². The number of rotatable bonds is 4. The molecule has 31 heavy (non-hydrogen) atoms. The van der Waals surface area contributed by atoms with E-state index in [-0.39, 0.29) is 33.0 Å². The first-order valence-corrected chi connectivity index (χ1v) is 11.6. The molecule has 2 atom stereocenters. The van der Waals surface area contributed by atoms with Gasteiger partial charge in [0.2, 0.25) is 0 Å². The van der Waals surface area contributed by atoms with Crippen LogP contribution in [0.15, 0.2) is 35.2 Å². The predicted octanol–water partition coefficient (Wildman–Crippen LogP) is 4.33. The first-order valence-electron chi connectivity index (χ1n) is 9.63. The molecule has 0 radical (unpaired) electrons. The van der Waals surface area contributed by atoms with Crippen LogP contribution < -0.4 is 5.32 Å². The van der Waals surface area contributed by atoms with Crippen LogP contribution in [0.5, 0.6) is 0 Å². The molecule has 2 N–H and O–H groups in total. The first kappa shape index (κ1) is 22.1. The van der Waals surface area contributed by atoms with Crippen LogP contribution in [-0.2, 0) is 9.84 Å². The number of hydrogen-bond donors (Lipinski definition) is 2. The molecule has 5 rings (SSSR count). The van der Waals surface area contributed by atoms with Gasteiger partial charge in [0.25, 0.3) is 5.91 Å². The van der Waals surface area contributed by atoms with Crippen LogP contribution in [0.25, 0.3) is 0 Å². The minimum Gasteiger partial charge on any atom is -0.390 e. The van der Waals surface area contributed by atoms with Crippen molar-refractivity contribution in [1.29, 1.82) is 0 Å². The van der Waals surface area contributed by atoms with Crippen molar-refractivity contribution in [3.8, 4) is 0 Å². The molecule has 2 bridgehead atoms. The second-order valence-corrected chi connectivity index (χ2v) is 11.0. The number of halogens is 4. The first-order chi connectivity index (χ1) is 14.4. The Bertz CT molecular complexity index is 1150. The van der Waals surface area contributed by atoms with Gasteiger partial charge >= 0.3 is 0 Å². The van der Waals surface area contributed by atoms with E-state index in [1.165, 1.54) is 12.1 Å². The number of carbonyl (C=O) groups is 1. The predicted molar refractivity (Wildman–Crippen MR) is 108 cm³/mol. The molecule has 2 aromatic carbocycles. The number of carbonyl (C=O) groups excluding carboxylic acids is 1. The maximum Gasteiger partial charge on any atom is 0.255 e. The molecule has 1 amide bonds. The zero-order valence-corrected chi connectivity index (χ0v) is 17.9. The van der Waals surface area contributed by atoms with Gasteiger partial charge in [0, 0.05) is 23.4 Å². The normalized spacial score (nSPS) is 27.5. The number of aliphatic hydroxyl groups is 1. The van der Waals surface area contributed by atoms with E-state index in [4.69, 9.17) is 11.6 Å². The molecule has 3 saturated carbocycles. The van der Waals surface area contributed by atoms with Crippen LogP contribution in [0.4, 0.5) is 18.9 Å². The third-order valence-corrected chi connectivity index (χ3v) is 9.15. The zero-order chi connectivity index (χ0) is 22.7. The lowest BCUT2D eigenvalue weighted by Crippen LogP contribution is -2.60. The fraction of sp³-hybridized carbons (Fsp3) is 0.381. The van der Waals surface area contributed by atoms with Crippen molar-refractivity contribution in [2.24, 2.45) is 11.8 Å². The van der Waals surface area contributed by atoms with Gasteiger partial charge in [-0.15, -0.1) is 0 Å². The maximum atomic E-state index is 13.4. The Balaban J connectivity index is 1.59. The molecule has 0 heterocycles. The molecule has 3 aliphatic carbocycles. The van der Waals surface area contributed by atoms with Gasteiger partial charge in [0.05, 0.1) is 20.8 Å². The van der Waals surface area contributed by atoms with Crippen molar-refractivity contribution >= 4 is 33.0 Å². The Kier molecular flexibility index (Phi) is 5.34. The summed E-state index contributed by atoms with van der Waals surface area (Å²) in [6, 6.07) is 4.88. The molecule has 3 aliphatic rings. The van der Waals surface area contributed by atoms with E-state index in [1.807, 2.05) is 0 Å². The molecular formula is C21H19ClF3NO4S. The van der Waals surface area contributed by atoms with E-state index >= 15 is 0 Å². The van der Waals surface area contributed by atoms with Crippen LogP contribution in [0.2, 0.25) is 5.02 Å². The second kappa shape index (κ2) is 7.50. The van der Waals surface area contributed by atoms with Crippen LogP contribution in [0.3, 0.4) is 0 Å². The van der Waals surface area contributed by atoms with E-state index < -0.39 is 44.0 Å². The average molecular weight is 474 g/mol. The van der Waals surface area contributed by atoms with Crippen molar-refractivity contribution in [2.75, 3.05) is 5.32 Å². The molecular weight excluding hydrogens is 455 g/mol. The summed E-state index contributed by atoms with van der Waals surface area (Å²) in [5.41, 5.74) is -1.28. The number of fused-ring (bicyclic) bond motifs is 2. The monoisotopic (exact) mass is 473 g/mol. The largest absolute Gasteiger partial charge is 0.390 e. The third kappa shape index (κ3) is 3.72. The van der Waals surface area contributed by atoms with Gasteiger partial charge in [-0.25, -0.2) is 21.6 Å². The smallest absolute Gasteiger partial charge is 0.255 e. The number of anilines is 1. The molecule has 10 heteroatoms. The number of benzene rings is 2. The summed E-state index contributed by atoms with van der Waals surface area (Å²) in [5, 5.41) is 11.8. The molecule has 0 saturated heterocycles. The SMILES string of the molecule is C[C@]1(O)C2CC1C[C@H](S(=O)(=O)c1cc(C(=O)Nc3cc(F)c(F)c(F)c3)ccc1Cl)C2. The Labute approximate surface area is 182 Å². The molecule has 0 aromatic heterocycles. The van der Waals surface area contributed by atoms with Crippen molar-refractivity contribution in [3.63, 3.8) is 0 Å². The summed E-state index contributed by atoms with van der Waals surface area (Å²) in [6.07, 6.45) is 1.37. The highest BCUT2D eigenvalue weighted by atomic mass is 35.5. The number of nitrogens with one attached hydrogen (secondary N) is 1. The fourth-order valence-electron chi connectivity index (χ4n) is 4.52. The van der Waals surface area contributed by atoms with Crippen LogP contribution >= 0.6 is 11.6 Å².